The van der Waals surface area contributed by atoms with E-state index in [1.165, 1.54) is 23.5 Å². The van der Waals surface area contributed by atoms with Gasteiger partial charge in [0, 0.05) is 5.38 Å². The van der Waals surface area contributed by atoms with E-state index in [-0.39, 0.29) is 11.3 Å². The van der Waals surface area contributed by atoms with E-state index in [1.807, 2.05) is 12.3 Å². The number of thiazole rings is 1. The summed E-state index contributed by atoms with van der Waals surface area (Å²) < 4.78 is 0. The molecule has 0 atom stereocenters. The topological polar surface area (TPSA) is 91.3 Å². The van der Waals surface area contributed by atoms with Crippen LogP contribution in [0.3, 0.4) is 0 Å². The summed E-state index contributed by atoms with van der Waals surface area (Å²) >= 11 is 1.51. The minimum absolute atomic E-state index is 0.0483. The Labute approximate surface area is 119 Å². The second-order valence-electron chi connectivity index (χ2n) is 4.02. The van der Waals surface area contributed by atoms with Gasteiger partial charge in [0.05, 0.1) is 28.5 Å². The van der Waals surface area contributed by atoms with E-state index in [4.69, 9.17) is 5.11 Å². The van der Waals surface area contributed by atoms with Crippen LogP contribution in [-0.4, -0.2) is 22.1 Å². The average Bonchev–Trinajstić information content (AvgIpc) is 2.83. The highest BCUT2D eigenvalue weighted by Crippen LogP contribution is 2.14. The first kappa shape index (κ1) is 14.0. The first-order valence-electron chi connectivity index (χ1n) is 5.84. The number of carboxylic acid groups (broad SMARTS) is 1. The van der Waals surface area contributed by atoms with Crippen LogP contribution < -0.4 is 10.6 Å². The quantitative estimate of drug-likeness (QED) is 0.807. The number of para-hydroxylation sites is 1. The van der Waals surface area contributed by atoms with Crippen LogP contribution in [-0.2, 0) is 6.54 Å². The van der Waals surface area contributed by atoms with Crippen LogP contribution in [0.4, 0.5) is 10.5 Å². The Morgan fingerprint density at radius 1 is 1.35 bits per heavy atom. The molecule has 20 heavy (non-hydrogen) atoms. The molecule has 104 valence electrons. The smallest absolute Gasteiger partial charge is 0.337 e. The molecule has 0 aliphatic heterocycles. The van der Waals surface area contributed by atoms with Crippen molar-refractivity contribution in [1.29, 1.82) is 0 Å². The Kier molecular flexibility index (Phi) is 4.31. The van der Waals surface area contributed by atoms with E-state index in [2.05, 4.69) is 15.6 Å². The number of carboxylic acids is 1. The number of carbonyl (C=O) groups excluding carboxylic acids is 1. The van der Waals surface area contributed by atoms with Gasteiger partial charge in [0.1, 0.15) is 0 Å². The van der Waals surface area contributed by atoms with Crippen LogP contribution in [0.5, 0.6) is 0 Å². The van der Waals surface area contributed by atoms with Gasteiger partial charge in [-0.3, -0.25) is 0 Å². The molecule has 1 aromatic carbocycles. The Morgan fingerprint density at radius 3 is 2.75 bits per heavy atom. The number of benzene rings is 1. The maximum atomic E-state index is 11.7. The molecule has 7 heteroatoms. The number of carbonyl (C=O) groups is 2. The summed E-state index contributed by atoms with van der Waals surface area (Å²) in [6.07, 6.45) is 0. The fourth-order valence-corrected chi connectivity index (χ4v) is 2.22. The highest BCUT2D eigenvalue weighted by Gasteiger charge is 2.11. The summed E-state index contributed by atoms with van der Waals surface area (Å²) in [7, 11) is 0. The minimum atomic E-state index is -1.09. The number of urea groups is 1. The molecule has 0 unspecified atom stereocenters. The fourth-order valence-electron chi connectivity index (χ4n) is 1.61. The maximum absolute atomic E-state index is 11.7. The van der Waals surface area contributed by atoms with Crippen LogP contribution >= 0.6 is 11.3 Å². The summed E-state index contributed by atoms with van der Waals surface area (Å²) in [5.41, 5.74) is 1.08. The van der Waals surface area contributed by atoms with E-state index < -0.39 is 12.0 Å². The third-order valence-electron chi connectivity index (χ3n) is 2.50. The normalized spacial score (nSPS) is 10.1. The van der Waals surface area contributed by atoms with Gasteiger partial charge < -0.3 is 15.7 Å². The minimum Gasteiger partial charge on any atom is -0.478 e. The van der Waals surface area contributed by atoms with Gasteiger partial charge in [-0.2, -0.15) is 0 Å². The van der Waals surface area contributed by atoms with Gasteiger partial charge in [-0.1, -0.05) is 12.1 Å². The molecule has 0 fully saturated rings. The number of hydrogen-bond acceptors (Lipinski definition) is 4. The van der Waals surface area contributed by atoms with Gasteiger partial charge in [-0.25, -0.2) is 14.6 Å². The van der Waals surface area contributed by atoms with Gasteiger partial charge in [0.15, 0.2) is 0 Å². The number of hydrogen-bond donors (Lipinski definition) is 3. The number of aryl methyl sites for hydroxylation is 1. The zero-order valence-corrected chi connectivity index (χ0v) is 11.5. The molecule has 6 nitrogen and oxygen atoms in total. The molecule has 1 heterocycles. The van der Waals surface area contributed by atoms with Crippen LogP contribution in [0.15, 0.2) is 29.6 Å². The monoisotopic (exact) mass is 291 g/mol. The molecule has 2 rings (SSSR count). The van der Waals surface area contributed by atoms with Crippen molar-refractivity contribution in [1.82, 2.24) is 10.3 Å². The summed E-state index contributed by atoms with van der Waals surface area (Å²) in [6.45, 7) is 2.18. The lowest BCUT2D eigenvalue weighted by molar-refractivity contribution is 0.0698. The van der Waals surface area contributed by atoms with E-state index in [0.29, 0.717) is 6.54 Å². The first-order valence-corrected chi connectivity index (χ1v) is 6.72. The molecule has 0 aliphatic rings. The van der Waals surface area contributed by atoms with Crippen LogP contribution in [0, 0.1) is 6.92 Å². The van der Waals surface area contributed by atoms with Crippen molar-refractivity contribution in [3.05, 3.63) is 45.9 Å². The van der Waals surface area contributed by atoms with E-state index >= 15 is 0 Å². The van der Waals surface area contributed by atoms with Gasteiger partial charge in [0.25, 0.3) is 0 Å². The van der Waals surface area contributed by atoms with E-state index in [0.717, 1.165) is 10.7 Å². The van der Waals surface area contributed by atoms with Crippen LogP contribution in [0.25, 0.3) is 0 Å². The lowest BCUT2D eigenvalue weighted by atomic mass is 10.2. The third kappa shape index (κ3) is 3.55. The van der Waals surface area contributed by atoms with Crippen molar-refractivity contribution in [2.75, 3.05) is 5.32 Å². The summed E-state index contributed by atoms with van der Waals surface area (Å²) in [6, 6.07) is 5.76. The number of nitrogens with one attached hydrogen (secondary N) is 2. The largest absolute Gasteiger partial charge is 0.478 e. The second kappa shape index (κ2) is 6.16. The molecule has 0 saturated heterocycles. The van der Waals surface area contributed by atoms with Crippen molar-refractivity contribution in [2.45, 2.75) is 13.5 Å². The summed E-state index contributed by atoms with van der Waals surface area (Å²) in [5, 5.41) is 16.9. The number of rotatable bonds is 4. The molecule has 0 bridgehead atoms. The number of aromatic carboxylic acids is 1. The summed E-state index contributed by atoms with van der Waals surface area (Å²) in [4.78, 5) is 27.0. The van der Waals surface area contributed by atoms with Gasteiger partial charge >= 0.3 is 12.0 Å². The van der Waals surface area contributed by atoms with E-state index in [9.17, 15) is 9.59 Å². The first-order chi connectivity index (χ1) is 9.56. The second-order valence-corrected chi connectivity index (χ2v) is 5.08. The number of nitrogens with zero attached hydrogens (tertiary/aromatic N) is 1. The molecular formula is C13H13N3O3S. The third-order valence-corrected chi connectivity index (χ3v) is 3.32. The fraction of sp³-hybridized carbons (Fsp3) is 0.154. The predicted octanol–water partition coefficient (Wildman–Crippen LogP) is 2.47. The Morgan fingerprint density at radius 2 is 2.10 bits per heavy atom. The predicted molar refractivity (Wildman–Crippen MR) is 76.1 cm³/mol. The van der Waals surface area contributed by atoms with Crippen molar-refractivity contribution in [3.8, 4) is 0 Å². The molecule has 2 aromatic rings. The van der Waals surface area contributed by atoms with Crippen LogP contribution in [0.2, 0.25) is 0 Å². The molecular weight excluding hydrogens is 278 g/mol. The molecule has 0 spiro atoms. The van der Waals surface area contributed by atoms with Crippen molar-refractivity contribution in [2.24, 2.45) is 0 Å². The highest BCUT2D eigenvalue weighted by atomic mass is 32.1. The molecule has 3 N–H and O–H groups in total. The zero-order valence-electron chi connectivity index (χ0n) is 10.7. The van der Waals surface area contributed by atoms with Gasteiger partial charge in [-0.15, -0.1) is 11.3 Å². The van der Waals surface area contributed by atoms with Crippen molar-refractivity contribution in [3.63, 3.8) is 0 Å². The molecule has 2 amide bonds. The molecule has 0 aliphatic carbocycles. The Balaban J connectivity index is 1.96. The number of aromatic nitrogens is 1. The zero-order chi connectivity index (χ0) is 14.5. The maximum Gasteiger partial charge on any atom is 0.337 e. The van der Waals surface area contributed by atoms with Crippen molar-refractivity contribution < 1.29 is 14.7 Å². The van der Waals surface area contributed by atoms with Crippen molar-refractivity contribution >= 4 is 29.0 Å². The number of anilines is 1. The van der Waals surface area contributed by atoms with Crippen LogP contribution in [0.1, 0.15) is 21.1 Å². The van der Waals surface area contributed by atoms with E-state index in [1.54, 1.807) is 12.1 Å². The molecule has 0 radical (unpaired) electrons. The van der Waals surface area contributed by atoms with Gasteiger partial charge in [0.2, 0.25) is 0 Å². The number of amides is 2. The SMILES string of the molecule is Cc1nc(CNC(=O)Nc2ccccc2C(=O)O)cs1. The van der Waals surface area contributed by atoms with Gasteiger partial charge in [-0.05, 0) is 19.1 Å². The standard InChI is InChI=1S/C13H13N3O3S/c1-8-15-9(7-20-8)6-14-13(19)16-11-5-3-2-4-10(11)12(17)18/h2-5,7H,6H2,1H3,(H,17,18)(H2,14,16,19). The lowest BCUT2D eigenvalue weighted by Crippen LogP contribution is -2.29. The lowest BCUT2D eigenvalue weighted by Gasteiger charge is -2.08. The molecule has 0 saturated carbocycles. The average molecular weight is 291 g/mol. The molecule has 1 aromatic heterocycles. The highest BCUT2D eigenvalue weighted by molar-refractivity contribution is 7.09. The summed E-state index contributed by atoms with van der Waals surface area (Å²) in [5.74, 6) is -1.09. The Bertz CT molecular complexity index is 639. The Hall–Kier alpha value is -2.41.